The van der Waals surface area contributed by atoms with Gasteiger partial charge in [-0.25, -0.2) is 4.79 Å². The lowest BCUT2D eigenvalue weighted by Gasteiger charge is -2.40. The van der Waals surface area contributed by atoms with Crippen LogP contribution in [0.3, 0.4) is 0 Å². The van der Waals surface area contributed by atoms with Crippen molar-refractivity contribution in [3.05, 3.63) is 57.0 Å². The van der Waals surface area contributed by atoms with E-state index in [0.29, 0.717) is 17.7 Å². The minimum Gasteiger partial charge on any atom is -0.583 e. The number of carboxylic acids is 1. The summed E-state index contributed by atoms with van der Waals surface area (Å²) >= 11 is 0. The van der Waals surface area contributed by atoms with Gasteiger partial charge in [-0.2, -0.15) is 0 Å². The van der Waals surface area contributed by atoms with E-state index in [1.54, 1.807) is 24.0 Å². The summed E-state index contributed by atoms with van der Waals surface area (Å²) in [5, 5.41) is 40.3. The molecule has 1 aliphatic carbocycles. The molecular formula is C22H24BN2O8-. The molecule has 2 fully saturated rings. The van der Waals surface area contributed by atoms with Crippen LogP contribution in [-0.4, -0.2) is 67.3 Å². The second kappa shape index (κ2) is 7.36. The predicted molar refractivity (Wildman–Crippen MR) is 117 cm³/mol. The molecule has 174 valence electrons. The van der Waals surface area contributed by atoms with Gasteiger partial charge in [-0.3, -0.25) is 9.59 Å². The van der Waals surface area contributed by atoms with Crippen molar-refractivity contribution >= 4 is 18.4 Å². The summed E-state index contributed by atoms with van der Waals surface area (Å²) < 4.78 is 7.38. The molecule has 1 aromatic carbocycles. The number of aromatic hydroxyl groups is 1. The standard InChI is InChI=1S/C22H24BN2O8/c1-11-21(28)17(26)4-5-24(11)10-19(27)25-8-12(9-25)33-18-3-2-13-14-6-16(14)23(31,32)7-15(13)20(18)22(29)30/h2-5,12,14,16,28,31-32H,6-10H2,1H3,(H,29,30)/q-1. The van der Waals surface area contributed by atoms with Crippen molar-refractivity contribution in [3.63, 3.8) is 0 Å². The fourth-order valence-electron chi connectivity index (χ4n) is 5.13. The fraction of sp³-hybridized carbons (Fsp3) is 0.409. The van der Waals surface area contributed by atoms with Gasteiger partial charge in [-0.15, -0.1) is 5.82 Å². The van der Waals surface area contributed by atoms with Crippen molar-refractivity contribution in [2.75, 3.05) is 13.1 Å². The topological polar surface area (TPSA) is 150 Å². The first-order valence-corrected chi connectivity index (χ1v) is 10.9. The molecule has 1 saturated heterocycles. The highest BCUT2D eigenvalue weighted by Gasteiger charge is 2.52. The third-order valence-electron chi connectivity index (χ3n) is 7.17. The molecule has 2 aromatic rings. The highest BCUT2D eigenvalue weighted by atomic mass is 16.5. The maximum Gasteiger partial charge on any atom is 0.339 e. The van der Waals surface area contributed by atoms with Crippen LogP contribution in [0.1, 0.15) is 39.5 Å². The van der Waals surface area contributed by atoms with Gasteiger partial charge in [-0.05, 0) is 24.5 Å². The molecule has 3 heterocycles. The lowest BCUT2D eigenvalue weighted by Crippen LogP contribution is -2.57. The number of benzene rings is 1. The number of carbonyl (C=O) groups excluding carboxylic acids is 1. The maximum atomic E-state index is 12.6. The Morgan fingerprint density at radius 3 is 2.64 bits per heavy atom. The number of ether oxygens (including phenoxy) is 1. The number of aromatic nitrogens is 1. The van der Waals surface area contributed by atoms with E-state index in [-0.39, 0.29) is 54.9 Å². The van der Waals surface area contributed by atoms with Gasteiger partial charge in [-0.1, -0.05) is 24.4 Å². The summed E-state index contributed by atoms with van der Waals surface area (Å²) in [6, 6.07) is 4.61. The average molecular weight is 455 g/mol. The number of pyridine rings is 1. The molecule has 3 aliphatic rings. The van der Waals surface area contributed by atoms with Crippen molar-refractivity contribution in [2.24, 2.45) is 0 Å². The van der Waals surface area contributed by atoms with Crippen LogP contribution in [0, 0.1) is 6.92 Å². The van der Waals surface area contributed by atoms with Crippen molar-refractivity contribution in [1.29, 1.82) is 0 Å². The van der Waals surface area contributed by atoms with Gasteiger partial charge in [0.1, 0.15) is 24.0 Å². The average Bonchev–Trinajstić information content (AvgIpc) is 3.52. The summed E-state index contributed by atoms with van der Waals surface area (Å²) in [5.41, 5.74) is 1.01. The monoisotopic (exact) mass is 455 g/mol. The van der Waals surface area contributed by atoms with Crippen LogP contribution in [0.15, 0.2) is 29.2 Å². The molecule has 33 heavy (non-hydrogen) atoms. The van der Waals surface area contributed by atoms with Crippen LogP contribution in [-0.2, 0) is 17.7 Å². The zero-order chi connectivity index (χ0) is 23.7. The van der Waals surface area contributed by atoms with E-state index < -0.39 is 29.8 Å². The van der Waals surface area contributed by atoms with Crippen LogP contribution in [0.4, 0.5) is 0 Å². The van der Waals surface area contributed by atoms with E-state index in [4.69, 9.17) is 4.74 Å². The lowest BCUT2D eigenvalue weighted by molar-refractivity contribution is -0.140. The Kier molecular flexibility index (Phi) is 4.80. The zero-order valence-corrected chi connectivity index (χ0v) is 18.0. The third kappa shape index (κ3) is 3.57. The number of hydrogen-bond donors (Lipinski definition) is 4. The van der Waals surface area contributed by atoms with E-state index in [2.05, 4.69) is 0 Å². The lowest BCUT2D eigenvalue weighted by atomic mass is 9.45. The van der Waals surface area contributed by atoms with Crippen molar-refractivity contribution in [1.82, 2.24) is 9.47 Å². The number of rotatable bonds is 5. The molecule has 2 atom stereocenters. The van der Waals surface area contributed by atoms with Gasteiger partial charge in [0.05, 0.1) is 18.8 Å². The van der Waals surface area contributed by atoms with Crippen molar-refractivity contribution < 1.29 is 34.6 Å². The molecule has 10 nitrogen and oxygen atoms in total. The molecule has 1 aromatic heterocycles. The summed E-state index contributed by atoms with van der Waals surface area (Å²) in [7, 11) is 0. The van der Waals surface area contributed by atoms with E-state index >= 15 is 0 Å². The van der Waals surface area contributed by atoms with Crippen LogP contribution in [0.2, 0.25) is 5.82 Å². The van der Waals surface area contributed by atoms with Gasteiger partial charge in [0.25, 0.3) is 0 Å². The van der Waals surface area contributed by atoms with Gasteiger partial charge in [0, 0.05) is 12.3 Å². The number of carbonyl (C=O) groups is 2. The van der Waals surface area contributed by atoms with Crippen LogP contribution in [0.25, 0.3) is 0 Å². The molecule has 1 amide bonds. The van der Waals surface area contributed by atoms with Gasteiger partial charge < -0.3 is 34.5 Å². The third-order valence-corrected chi connectivity index (χ3v) is 7.17. The molecule has 0 spiro atoms. The molecule has 4 N–H and O–H groups in total. The Balaban J connectivity index is 1.28. The Morgan fingerprint density at radius 2 is 1.94 bits per heavy atom. The molecule has 2 aliphatic heterocycles. The van der Waals surface area contributed by atoms with E-state index in [0.717, 1.165) is 5.56 Å². The SMILES string of the molecule is Cc1c(O)c(=O)ccn1CC(=O)N1CC(Oc2ccc3c(c2C(=O)O)C[B-](O)(O)C2CC32)C1. The molecule has 11 heteroatoms. The first kappa shape index (κ1) is 21.5. The molecule has 2 unspecified atom stereocenters. The molecule has 0 bridgehead atoms. The minimum atomic E-state index is -2.63. The zero-order valence-electron chi connectivity index (χ0n) is 18.0. The smallest absolute Gasteiger partial charge is 0.339 e. The Morgan fingerprint density at radius 1 is 1.21 bits per heavy atom. The first-order chi connectivity index (χ1) is 15.6. The Bertz CT molecular complexity index is 1230. The molecular weight excluding hydrogens is 431 g/mol. The number of hydrogen-bond acceptors (Lipinski definition) is 7. The fourth-order valence-corrected chi connectivity index (χ4v) is 5.13. The number of carboxylic acid groups (broad SMARTS) is 1. The normalized spacial score (nSPS) is 22.7. The number of amides is 1. The second-order valence-electron chi connectivity index (χ2n) is 9.32. The first-order valence-electron chi connectivity index (χ1n) is 10.9. The number of fused-ring (bicyclic) bond motifs is 3. The highest BCUT2D eigenvalue weighted by Crippen LogP contribution is 2.62. The van der Waals surface area contributed by atoms with Gasteiger partial charge in [0.15, 0.2) is 5.75 Å². The van der Waals surface area contributed by atoms with Crippen molar-refractivity contribution in [3.8, 4) is 11.5 Å². The van der Waals surface area contributed by atoms with Crippen LogP contribution < -0.4 is 10.2 Å². The summed E-state index contributed by atoms with van der Waals surface area (Å²) in [6.45, 7) is -0.604. The predicted octanol–water partition coefficient (Wildman–Crippen LogP) is 0.230. The number of aromatic carboxylic acids is 1. The Labute approximate surface area is 188 Å². The van der Waals surface area contributed by atoms with E-state index in [9.17, 15) is 34.6 Å². The van der Waals surface area contributed by atoms with Crippen molar-refractivity contribution in [2.45, 2.75) is 44.0 Å². The van der Waals surface area contributed by atoms with Gasteiger partial charge in [0.2, 0.25) is 17.9 Å². The largest absolute Gasteiger partial charge is 0.583 e. The Hall–Kier alpha value is -3.31. The molecule has 0 radical (unpaired) electrons. The second-order valence-corrected chi connectivity index (χ2v) is 9.32. The maximum absolute atomic E-state index is 12.6. The number of nitrogens with zero attached hydrogens (tertiary/aromatic N) is 2. The summed E-state index contributed by atoms with van der Waals surface area (Å²) in [6.07, 6.45) is 1.59. The minimum absolute atomic E-state index is 0.0243. The highest BCUT2D eigenvalue weighted by molar-refractivity contribution is 6.67. The molecule has 1 saturated carbocycles. The summed E-state index contributed by atoms with van der Waals surface area (Å²) in [4.78, 5) is 37.6. The molecule has 5 rings (SSSR count). The number of likely N-dealkylation sites (tertiary alicyclic amines) is 1. The summed E-state index contributed by atoms with van der Waals surface area (Å²) in [5.74, 6) is -1.87. The van der Waals surface area contributed by atoms with E-state index in [1.165, 1.54) is 16.8 Å². The van der Waals surface area contributed by atoms with Crippen LogP contribution >= 0.6 is 0 Å². The quantitative estimate of drug-likeness (QED) is 0.468. The van der Waals surface area contributed by atoms with E-state index in [1.807, 2.05) is 0 Å². The van der Waals surface area contributed by atoms with Crippen LogP contribution in [0.5, 0.6) is 11.5 Å². The van der Waals surface area contributed by atoms with Gasteiger partial charge >= 0.3 is 5.97 Å².